The molecular formula is C16H13NO. The van der Waals surface area contributed by atoms with E-state index in [1.807, 2.05) is 60.7 Å². The van der Waals surface area contributed by atoms with Gasteiger partial charge in [-0.15, -0.1) is 0 Å². The SMILES string of the molecule is CN=c1cc(-c2ccccc2)oc2ccccc12. The first-order valence-electron chi connectivity index (χ1n) is 5.89. The van der Waals surface area contributed by atoms with Gasteiger partial charge in [0.25, 0.3) is 0 Å². The van der Waals surface area contributed by atoms with Gasteiger partial charge in [-0.1, -0.05) is 42.5 Å². The predicted octanol–water partition coefficient (Wildman–Crippen LogP) is 3.63. The molecule has 0 saturated carbocycles. The highest BCUT2D eigenvalue weighted by Gasteiger charge is 2.04. The van der Waals surface area contributed by atoms with E-state index in [9.17, 15) is 0 Å². The molecule has 3 aromatic rings. The van der Waals surface area contributed by atoms with E-state index >= 15 is 0 Å². The number of para-hydroxylation sites is 1. The van der Waals surface area contributed by atoms with Crippen LogP contribution in [0.25, 0.3) is 22.3 Å². The first kappa shape index (κ1) is 10.8. The van der Waals surface area contributed by atoms with Crippen molar-refractivity contribution in [2.24, 2.45) is 4.99 Å². The molecule has 0 saturated heterocycles. The normalized spacial score (nSPS) is 11.9. The number of rotatable bonds is 1. The first-order chi connectivity index (χ1) is 8.88. The molecule has 0 unspecified atom stereocenters. The van der Waals surface area contributed by atoms with Gasteiger partial charge in [0.15, 0.2) is 0 Å². The third-order valence-electron chi connectivity index (χ3n) is 2.95. The zero-order valence-corrected chi connectivity index (χ0v) is 10.1. The van der Waals surface area contributed by atoms with Gasteiger partial charge in [0, 0.05) is 24.1 Å². The summed E-state index contributed by atoms with van der Waals surface area (Å²) >= 11 is 0. The molecule has 2 nitrogen and oxygen atoms in total. The lowest BCUT2D eigenvalue weighted by molar-refractivity contribution is 0.618. The highest BCUT2D eigenvalue weighted by atomic mass is 16.3. The van der Waals surface area contributed by atoms with Gasteiger partial charge in [0.05, 0.1) is 5.36 Å². The predicted molar refractivity (Wildman–Crippen MR) is 73.1 cm³/mol. The van der Waals surface area contributed by atoms with Crippen LogP contribution >= 0.6 is 0 Å². The highest BCUT2D eigenvalue weighted by Crippen LogP contribution is 2.21. The van der Waals surface area contributed by atoms with Crippen molar-refractivity contribution in [1.29, 1.82) is 0 Å². The van der Waals surface area contributed by atoms with E-state index in [0.717, 1.165) is 27.7 Å². The Hall–Kier alpha value is -2.35. The van der Waals surface area contributed by atoms with Crippen molar-refractivity contribution in [3.8, 4) is 11.3 Å². The van der Waals surface area contributed by atoms with Gasteiger partial charge < -0.3 is 4.42 Å². The average Bonchev–Trinajstić information content (AvgIpc) is 2.47. The molecule has 0 atom stereocenters. The Morgan fingerprint density at radius 1 is 0.889 bits per heavy atom. The number of fused-ring (bicyclic) bond motifs is 1. The molecule has 2 aromatic carbocycles. The van der Waals surface area contributed by atoms with Crippen LogP contribution in [-0.4, -0.2) is 7.05 Å². The Labute approximate surface area is 105 Å². The second-order valence-electron chi connectivity index (χ2n) is 4.08. The molecule has 88 valence electrons. The van der Waals surface area contributed by atoms with Gasteiger partial charge in [-0.3, -0.25) is 4.99 Å². The smallest absolute Gasteiger partial charge is 0.136 e. The van der Waals surface area contributed by atoms with Crippen molar-refractivity contribution in [1.82, 2.24) is 0 Å². The Kier molecular flexibility index (Phi) is 2.69. The third kappa shape index (κ3) is 1.82. The molecule has 0 radical (unpaired) electrons. The maximum atomic E-state index is 5.93. The van der Waals surface area contributed by atoms with Crippen molar-refractivity contribution in [3.05, 3.63) is 66.0 Å². The van der Waals surface area contributed by atoms with Crippen LogP contribution in [0.2, 0.25) is 0 Å². The zero-order chi connectivity index (χ0) is 12.4. The summed E-state index contributed by atoms with van der Waals surface area (Å²) in [4.78, 5) is 4.32. The van der Waals surface area contributed by atoms with E-state index in [2.05, 4.69) is 4.99 Å². The maximum Gasteiger partial charge on any atom is 0.136 e. The summed E-state index contributed by atoms with van der Waals surface area (Å²) in [5.74, 6) is 0.843. The van der Waals surface area contributed by atoms with Crippen LogP contribution in [0.5, 0.6) is 0 Å². The number of nitrogens with zero attached hydrogens (tertiary/aromatic N) is 1. The Balaban J connectivity index is 2.34. The minimum absolute atomic E-state index is 0.843. The molecule has 0 bridgehead atoms. The minimum Gasteiger partial charge on any atom is -0.456 e. The van der Waals surface area contributed by atoms with Crippen molar-refractivity contribution in [2.75, 3.05) is 7.05 Å². The van der Waals surface area contributed by atoms with Gasteiger partial charge in [0.2, 0.25) is 0 Å². The van der Waals surface area contributed by atoms with Crippen LogP contribution in [0.1, 0.15) is 0 Å². The monoisotopic (exact) mass is 235 g/mol. The second-order valence-corrected chi connectivity index (χ2v) is 4.08. The summed E-state index contributed by atoms with van der Waals surface area (Å²) in [5, 5.41) is 2.00. The van der Waals surface area contributed by atoms with Crippen LogP contribution < -0.4 is 5.36 Å². The largest absolute Gasteiger partial charge is 0.456 e. The van der Waals surface area contributed by atoms with E-state index in [-0.39, 0.29) is 0 Å². The number of hydrogen-bond donors (Lipinski definition) is 0. The van der Waals surface area contributed by atoms with Gasteiger partial charge in [0.1, 0.15) is 11.3 Å². The molecule has 3 rings (SSSR count). The van der Waals surface area contributed by atoms with Crippen LogP contribution in [0.4, 0.5) is 0 Å². The fourth-order valence-electron chi connectivity index (χ4n) is 2.05. The lowest BCUT2D eigenvalue weighted by Gasteiger charge is -2.04. The molecule has 0 amide bonds. The molecule has 2 heteroatoms. The fraction of sp³-hybridized carbons (Fsp3) is 0.0625. The van der Waals surface area contributed by atoms with Crippen molar-refractivity contribution in [3.63, 3.8) is 0 Å². The summed E-state index contributed by atoms with van der Waals surface area (Å²) < 4.78 is 5.93. The Bertz CT molecular complexity index is 742. The topological polar surface area (TPSA) is 25.5 Å². The van der Waals surface area contributed by atoms with Crippen molar-refractivity contribution in [2.45, 2.75) is 0 Å². The lowest BCUT2D eigenvalue weighted by Crippen LogP contribution is -2.02. The highest BCUT2D eigenvalue weighted by molar-refractivity contribution is 5.78. The Morgan fingerprint density at radius 3 is 2.39 bits per heavy atom. The molecule has 1 aromatic heterocycles. The van der Waals surface area contributed by atoms with E-state index < -0.39 is 0 Å². The van der Waals surface area contributed by atoms with Crippen LogP contribution in [0.3, 0.4) is 0 Å². The van der Waals surface area contributed by atoms with Crippen LogP contribution in [0, 0.1) is 0 Å². The molecule has 0 N–H and O–H groups in total. The summed E-state index contributed by atoms with van der Waals surface area (Å²) in [6.07, 6.45) is 0. The van der Waals surface area contributed by atoms with E-state index in [1.165, 1.54) is 0 Å². The molecule has 0 aliphatic rings. The summed E-state index contributed by atoms with van der Waals surface area (Å²) in [6.45, 7) is 0. The van der Waals surface area contributed by atoms with Gasteiger partial charge in [-0.2, -0.15) is 0 Å². The van der Waals surface area contributed by atoms with Crippen LogP contribution in [-0.2, 0) is 0 Å². The Morgan fingerprint density at radius 2 is 1.61 bits per heavy atom. The van der Waals surface area contributed by atoms with Gasteiger partial charge in [-0.05, 0) is 12.1 Å². The van der Waals surface area contributed by atoms with E-state index in [4.69, 9.17) is 4.42 Å². The van der Waals surface area contributed by atoms with Crippen molar-refractivity contribution >= 4 is 11.0 Å². The fourth-order valence-corrected chi connectivity index (χ4v) is 2.05. The van der Waals surface area contributed by atoms with E-state index in [1.54, 1.807) is 7.05 Å². The second kappa shape index (κ2) is 4.49. The average molecular weight is 235 g/mol. The standard InChI is InChI=1S/C16H13NO/c1-17-14-11-16(12-7-3-2-4-8-12)18-15-10-6-5-9-13(14)15/h2-11H,1H3. The summed E-state index contributed by atoms with van der Waals surface area (Å²) in [7, 11) is 1.80. The quantitative estimate of drug-likeness (QED) is 0.632. The third-order valence-corrected chi connectivity index (χ3v) is 2.95. The van der Waals surface area contributed by atoms with Gasteiger partial charge in [-0.25, -0.2) is 0 Å². The van der Waals surface area contributed by atoms with E-state index in [0.29, 0.717) is 0 Å². The molecule has 0 fully saturated rings. The number of benzene rings is 2. The summed E-state index contributed by atoms with van der Waals surface area (Å²) in [6, 6.07) is 20.0. The van der Waals surface area contributed by atoms with Crippen molar-refractivity contribution < 1.29 is 4.42 Å². The maximum absolute atomic E-state index is 5.93. The molecular weight excluding hydrogens is 222 g/mol. The molecule has 18 heavy (non-hydrogen) atoms. The molecule has 1 heterocycles. The zero-order valence-electron chi connectivity index (χ0n) is 10.1. The first-order valence-corrected chi connectivity index (χ1v) is 5.89. The summed E-state index contributed by atoms with van der Waals surface area (Å²) in [5.41, 5.74) is 1.92. The number of hydrogen-bond acceptors (Lipinski definition) is 2. The van der Waals surface area contributed by atoms with Crippen LogP contribution in [0.15, 0.2) is 70.1 Å². The molecule has 0 aliphatic carbocycles. The lowest BCUT2D eigenvalue weighted by atomic mass is 10.1. The van der Waals surface area contributed by atoms with Gasteiger partial charge >= 0.3 is 0 Å². The minimum atomic E-state index is 0.843. The molecule has 0 aliphatic heterocycles. The molecule has 0 spiro atoms.